The van der Waals surface area contributed by atoms with Crippen molar-refractivity contribution in [1.82, 2.24) is 15.1 Å². The summed E-state index contributed by atoms with van der Waals surface area (Å²) in [5, 5.41) is 6.85. The van der Waals surface area contributed by atoms with Crippen LogP contribution in [0.25, 0.3) is 0 Å². The molecule has 2 aromatic rings. The molecule has 7 heteroatoms. The van der Waals surface area contributed by atoms with Crippen LogP contribution in [-0.2, 0) is 16.0 Å². The van der Waals surface area contributed by atoms with E-state index in [1.807, 2.05) is 19.2 Å². The second kappa shape index (κ2) is 7.31. The van der Waals surface area contributed by atoms with Crippen molar-refractivity contribution in [3.05, 3.63) is 27.8 Å². The maximum absolute atomic E-state index is 11.9. The molecule has 6 nitrogen and oxygen atoms in total. The lowest BCUT2D eigenvalue weighted by Crippen LogP contribution is -2.16. The molecule has 0 amide bonds. The zero-order valence-corrected chi connectivity index (χ0v) is 13.3. The minimum absolute atomic E-state index is 0.306. The van der Waals surface area contributed by atoms with Gasteiger partial charge in [0.05, 0.1) is 13.0 Å². The van der Waals surface area contributed by atoms with Gasteiger partial charge in [0.1, 0.15) is 10.9 Å². The molecule has 1 atom stereocenters. The minimum Gasteiger partial charge on any atom is -0.465 e. The number of carbonyl (C=O) groups excluding carboxylic acids is 1. The monoisotopic (exact) mass is 309 g/mol. The van der Waals surface area contributed by atoms with E-state index in [1.165, 1.54) is 0 Å². The van der Waals surface area contributed by atoms with E-state index >= 15 is 0 Å². The van der Waals surface area contributed by atoms with E-state index in [1.54, 1.807) is 18.3 Å². The van der Waals surface area contributed by atoms with E-state index in [4.69, 9.17) is 9.26 Å². The van der Waals surface area contributed by atoms with Gasteiger partial charge in [0.25, 0.3) is 0 Å². The Hall–Kier alpha value is -1.76. The summed E-state index contributed by atoms with van der Waals surface area (Å²) in [5.74, 6) is 0.0946. The van der Waals surface area contributed by atoms with E-state index in [0.717, 1.165) is 17.1 Å². The normalized spacial score (nSPS) is 12.3. The summed E-state index contributed by atoms with van der Waals surface area (Å²) in [5.41, 5.74) is 0.981. The van der Waals surface area contributed by atoms with Gasteiger partial charge in [-0.2, -0.15) is 4.98 Å². The summed E-state index contributed by atoms with van der Waals surface area (Å²) >= 11 is 1.56. The first-order valence-electron chi connectivity index (χ1n) is 7.04. The summed E-state index contributed by atoms with van der Waals surface area (Å²) in [6, 6.07) is 0. The highest BCUT2D eigenvalue weighted by Crippen LogP contribution is 2.22. The van der Waals surface area contributed by atoms with Crippen molar-refractivity contribution in [3.63, 3.8) is 0 Å². The number of rotatable bonds is 7. The molecule has 0 aliphatic heterocycles. The molecule has 0 spiro atoms. The Balaban J connectivity index is 2.10. The molecule has 0 saturated carbocycles. The molecular weight excluding hydrogens is 290 g/mol. The highest BCUT2D eigenvalue weighted by atomic mass is 32.1. The van der Waals surface area contributed by atoms with Gasteiger partial charge in [-0.05, 0) is 20.3 Å². The van der Waals surface area contributed by atoms with Gasteiger partial charge in [0.2, 0.25) is 5.89 Å². The predicted octanol–water partition coefficient (Wildman–Crippen LogP) is 2.87. The summed E-state index contributed by atoms with van der Waals surface area (Å²) in [7, 11) is 0. The van der Waals surface area contributed by atoms with Gasteiger partial charge in [0, 0.05) is 11.1 Å². The van der Waals surface area contributed by atoms with Crippen LogP contribution >= 0.6 is 11.3 Å². The number of aryl methyl sites for hydroxylation is 1. The Morgan fingerprint density at radius 2 is 2.24 bits per heavy atom. The molecule has 1 unspecified atom stereocenters. The Bertz CT molecular complexity index is 594. The number of thiazole rings is 1. The quantitative estimate of drug-likeness (QED) is 0.732. The Labute approximate surface area is 127 Å². The largest absolute Gasteiger partial charge is 0.465 e. The third-order valence-corrected chi connectivity index (χ3v) is 3.87. The molecule has 2 aromatic heterocycles. The van der Waals surface area contributed by atoms with E-state index in [9.17, 15) is 4.79 Å². The van der Waals surface area contributed by atoms with Gasteiger partial charge in [-0.25, -0.2) is 4.98 Å². The smallest absolute Gasteiger partial charge is 0.318 e. The van der Waals surface area contributed by atoms with Crippen molar-refractivity contribution in [2.24, 2.45) is 0 Å². The van der Waals surface area contributed by atoms with E-state index in [0.29, 0.717) is 31.2 Å². The molecule has 0 radical (unpaired) electrons. The van der Waals surface area contributed by atoms with Gasteiger partial charge in [-0.3, -0.25) is 4.79 Å². The van der Waals surface area contributed by atoms with Gasteiger partial charge in [0.15, 0.2) is 5.82 Å². The van der Waals surface area contributed by atoms with Gasteiger partial charge in [-0.1, -0.05) is 18.5 Å². The topological polar surface area (TPSA) is 78.1 Å². The number of esters is 1. The first-order chi connectivity index (χ1) is 10.1. The van der Waals surface area contributed by atoms with E-state index in [-0.39, 0.29) is 5.97 Å². The van der Waals surface area contributed by atoms with Crippen LogP contribution in [0.3, 0.4) is 0 Å². The SMILES string of the molecule is CCCC(C(=O)OCC)c1nc(Cc2nc(C)cs2)no1. The molecule has 0 fully saturated rings. The lowest BCUT2D eigenvalue weighted by Gasteiger charge is -2.09. The van der Waals surface area contributed by atoms with Crippen LogP contribution in [0.1, 0.15) is 55.0 Å². The van der Waals surface area contributed by atoms with Crippen LogP contribution in [0.4, 0.5) is 0 Å². The maximum atomic E-state index is 11.9. The number of hydrogen-bond donors (Lipinski definition) is 0. The summed E-state index contributed by atoms with van der Waals surface area (Å²) in [4.78, 5) is 20.6. The first kappa shape index (κ1) is 15.6. The van der Waals surface area contributed by atoms with Crippen LogP contribution in [0.2, 0.25) is 0 Å². The molecule has 2 rings (SSSR count). The van der Waals surface area contributed by atoms with Gasteiger partial charge in [-0.15, -0.1) is 11.3 Å². The molecule has 2 heterocycles. The number of carbonyl (C=O) groups is 1. The van der Waals surface area contributed by atoms with E-state index in [2.05, 4.69) is 15.1 Å². The summed E-state index contributed by atoms with van der Waals surface area (Å²) in [6.45, 7) is 6.07. The molecule has 114 valence electrons. The standard InChI is InChI=1S/C14H19N3O3S/c1-4-6-10(14(18)19-5-2)13-16-11(17-20-13)7-12-15-9(3)8-21-12/h8,10H,4-7H2,1-3H3. The molecule has 0 aromatic carbocycles. The molecule has 0 aliphatic carbocycles. The fourth-order valence-electron chi connectivity index (χ4n) is 1.97. The van der Waals surface area contributed by atoms with Crippen LogP contribution in [0.5, 0.6) is 0 Å². The third-order valence-electron chi connectivity index (χ3n) is 2.91. The summed E-state index contributed by atoms with van der Waals surface area (Å²) in [6.07, 6.45) is 1.99. The van der Waals surface area contributed by atoms with Crippen molar-refractivity contribution < 1.29 is 14.1 Å². The molecule has 0 aliphatic rings. The van der Waals surface area contributed by atoms with Crippen molar-refractivity contribution in [1.29, 1.82) is 0 Å². The Kier molecular flexibility index (Phi) is 5.44. The van der Waals surface area contributed by atoms with E-state index < -0.39 is 5.92 Å². The third kappa shape index (κ3) is 4.10. The molecule has 0 saturated heterocycles. The van der Waals surface area contributed by atoms with Crippen LogP contribution in [0, 0.1) is 6.92 Å². The molecule has 0 bridgehead atoms. The fourth-order valence-corrected chi connectivity index (χ4v) is 2.74. The van der Waals surface area contributed by atoms with Crippen molar-refractivity contribution >= 4 is 17.3 Å². The van der Waals surface area contributed by atoms with Crippen molar-refractivity contribution in [2.45, 2.75) is 46.0 Å². The zero-order valence-electron chi connectivity index (χ0n) is 12.5. The fraction of sp³-hybridized carbons (Fsp3) is 0.571. The second-order valence-electron chi connectivity index (χ2n) is 4.70. The van der Waals surface area contributed by atoms with Crippen LogP contribution in [-0.4, -0.2) is 27.7 Å². The Morgan fingerprint density at radius 1 is 1.43 bits per heavy atom. The van der Waals surface area contributed by atoms with Crippen LogP contribution < -0.4 is 0 Å². The number of aromatic nitrogens is 3. The number of ether oxygens (including phenoxy) is 1. The lowest BCUT2D eigenvalue weighted by molar-refractivity contribution is -0.145. The highest BCUT2D eigenvalue weighted by Gasteiger charge is 2.27. The average Bonchev–Trinajstić information content (AvgIpc) is 3.06. The van der Waals surface area contributed by atoms with Crippen molar-refractivity contribution in [2.75, 3.05) is 6.61 Å². The Morgan fingerprint density at radius 3 is 2.86 bits per heavy atom. The number of nitrogens with zero attached hydrogens (tertiary/aromatic N) is 3. The minimum atomic E-state index is -0.478. The lowest BCUT2D eigenvalue weighted by atomic mass is 10.0. The van der Waals surface area contributed by atoms with Gasteiger partial charge < -0.3 is 9.26 Å². The summed E-state index contributed by atoms with van der Waals surface area (Å²) < 4.78 is 10.3. The average molecular weight is 309 g/mol. The molecule has 0 N–H and O–H groups in total. The highest BCUT2D eigenvalue weighted by molar-refractivity contribution is 7.09. The second-order valence-corrected chi connectivity index (χ2v) is 5.64. The maximum Gasteiger partial charge on any atom is 0.318 e. The van der Waals surface area contributed by atoms with Crippen LogP contribution in [0.15, 0.2) is 9.90 Å². The predicted molar refractivity (Wildman–Crippen MR) is 78.2 cm³/mol. The zero-order chi connectivity index (χ0) is 15.2. The van der Waals surface area contributed by atoms with Crippen molar-refractivity contribution in [3.8, 4) is 0 Å². The molecule has 21 heavy (non-hydrogen) atoms. The molecular formula is C14H19N3O3S. The first-order valence-corrected chi connectivity index (χ1v) is 7.92. The number of hydrogen-bond acceptors (Lipinski definition) is 7. The van der Waals surface area contributed by atoms with Gasteiger partial charge >= 0.3 is 5.97 Å².